The maximum Gasteiger partial charge on any atom is 0.248 e. The summed E-state index contributed by atoms with van der Waals surface area (Å²) in [5.74, 6) is 0. The molecule has 2 aromatic rings. The van der Waals surface area contributed by atoms with Gasteiger partial charge < -0.3 is 21.1 Å². The zero-order valence-electron chi connectivity index (χ0n) is 12.7. The number of aromatic amines is 1. The van der Waals surface area contributed by atoms with Gasteiger partial charge in [0.15, 0.2) is 0 Å². The Labute approximate surface area is 124 Å². The molecule has 5 N–H and O–H groups in total. The van der Waals surface area contributed by atoms with Gasteiger partial charge in [-0.25, -0.2) is 0 Å². The molecule has 0 unspecified atom stereocenters. The third-order valence-corrected chi connectivity index (χ3v) is 3.58. The molecule has 5 nitrogen and oxygen atoms in total. The van der Waals surface area contributed by atoms with Crippen molar-refractivity contribution in [2.45, 2.75) is 45.4 Å². The van der Waals surface area contributed by atoms with Gasteiger partial charge >= 0.3 is 0 Å². The van der Waals surface area contributed by atoms with Crippen molar-refractivity contribution in [1.82, 2.24) is 10.3 Å². The quantitative estimate of drug-likeness (QED) is 0.633. The van der Waals surface area contributed by atoms with Crippen LogP contribution in [0.5, 0.6) is 0 Å². The normalized spacial score (nSPS) is 14.5. The number of aromatic nitrogens is 1. The number of nitrogens with one attached hydrogen (secondary N) is 2. The molecule has 0 spiro atoms. The smallest absolute Gasteiger partial charge is 0.248 e. The number of fused-ring (bicyclic) bond motifs is 1. The molecular weight excluding hydrogens is 266 g/mol. The first-order chi connectivity index (χ1) is 9.92. The van der Waals surface area contributed by atoms with E-state index in [9.17, 15) is 9.90 Å². The maximum atomic E-state index is 11.4. The van der Waals surface area contributed by atoms with Crippen LogP contribution >= 0.6 is 0 Å². The standard InChI is InChI=1S/C16H23N3O2/c1-4-13(18-9(2)3)16(21)12-7-10(17)8-14-11(12)5-6-15(20)19-14/h5-9,13,16,18,21H,4,17H2,1-3H3,(H,19,20)/t13-,16-/m0/s1. The highest BCUT2D eigenvalue weighted by molar-refractivity contribution is 5.85. The molecule has 0 fully saturated rings. The first-order valence-electron chi connectivity index (χ1n) is 7.29. The number of aliphatic hydroxyl groups is 1. The van der Waals surface area contributed by atoms with Crippen molar-refractivity contribution in [3.8, 4) is 0 Å². The van der Waals surface area contributed by atoms with E-state index < -0.39 is 6.10 Å². The summed E-state index contributed by atoms with van der Waals surface area (Å²) in [6.45, 7) is 6.12. The summed E-state index contributed by atoms with van der Waals surface area (Å²) in [6, 6.07) is 6.89. The molecule has 114 valence electrons. The average Bonchev–Trinajstić information content (AvgIpc) is 2.42. The predicted octanol–water partition coefficient (Wildman–Crippen LogP) is 1.92. The van der Waals surface area contributed by atoms with E-state index in [1.165, 1.54) is 6.07 Å². The van der Waals surface area contributed by atoms with Crippen LogP contribution in [-0.2, 0) is 0 Å². The molecule has 1 heterocycles. The number of aliphatic hydroxyl groups excluding tert-OH is 1. The van der Waals surface area contributed by atoms with Crippen molar-refractivity contribution < 1.29 is 5.11 Å². The van der Waals surface area contributed by atoms with Crippen molar-refractivity contribution in [3.05, 3.63) is 40.2 Å². The SMILES string of the molecule is CC[C@H](NC(C)C)[C@@H](O)c1cc(N)cc2[nH]c(=O)ccc12. The number of anilines is 1. The summed E-state index contributed by atoms with van der Waals surface area (Å²) in [7, 11) is 0. The fourth-order valence-corrected chi connectivity index (χ4v) is 2.64. The second-order valence-electron chi connectivity index (χ2n) is 5.67. The molecule has 0 radical (unpaired) electrons. The van der Waals surface area contributed by atoms with Gasteiger partial charge in [-0.1, -0.05) is 20.8 Å². The Morgan fingerprint density at radius 1 is 1.33 bits per heavy atom. The predicted molar refractivity (Wildman–Crippen MR) is 86.3 cm³/mol. The van der Waals surface area contributed by atoms with Gasteiger partial charge in [0.1, 0.15) is 0 Å². The molecule has 0 aliphatic heterocycles. The third kappa shape index (κ3) is 3.43. The van der Waals surface area contributed by atoms with Crippen molar-refractivity contribution >= 4 is 16.6 Å². The number of pyridine rings is 1. The lowest BCUT2D eigenvalue weighted by Gasteiger charge is -2.26. The molecule has 0 saturated carbocycles. The van der Waals surface area contributed by atoms with E-state index in [0.29, 0.717) is 11.2 Å². The lowest BCUT2D eigenvalue weighted by molar-refractivity contribution is 0.123. The minimum absolute atomic E-state index is 0.0677. The van der Waals surface area contributed by atoms with Crippen LogP contribution in [0.1, 0.15) is 38.9 Å². The highest BCUT2D eigenvalue weighted by atomic mass is 16.3. The van der Waals surface area contributed by atoms with E-state index in [4.69, 9.17) is 5.73 Å². The number of rotatable bonds is 5. The molecule has 0 saturated heterocycles. The number of nitrogens with two attached hydrogens (primary N) is 1. The highest BCUT2D eigenvalue weighted by Gasteiger charge is 2.22. The molecule has 2 atom stereocenters. The van der Waals surface area contributed by atoms with Crippen LogP contribution < -0.4 is 16.6 Å². The van der Waals surface area contributed by atoms with Crippen molar-refractivity contribution in [1.29, 1.82) is 0 Å². The molecule has 0 aliphatic carbocycles. The molecular formula is C16H23N3O2. The van der Waals surface area contributed by atoms with Crippen LogP contribution in [0.25, 0.3) is 10.9 Å². The fraction of sp³-hybridized carbons (Fsp3) is 0.438. The van der Waals surface area contributed by atoms with Gasteiger partial charge in [-0.2, -0.15) is 0 Å². The summed E-state index contributed by atoms with van der Waals surface area (Å²) in [5, 5.41) is 14.9. The van der Waals surface area contributed by atoms with Crippen LogP contribution in [-0.4, -0.2) is 22.2 Å². The van der Waals surface area contributed by atoms with E-state index >= 15 is 0 Å². The van der Waals surface area contributed by atoms with E-state index in [1.807, 2.05) is 20.8 Å². The van der Waals surface area contributed by atoms with Crippen LogP contribution in [0.15, 0.2) is 29.1 Å². The molecule has 0 amide bonds. The molecule has 0 bridgehead atoms. The zero-order valence-corrected chi connectivity index (χ0v) is 12.7. The summed E-state index contributed by atoms with van der Waals surface area (Å²) in [5.41, 5.74) is 7.63. The average molecular weight is 289 g/mol. The summed E-state index contributed by atoms with van der Waals surface area (Å²) >= 11 is 0. The highest BCUT2D eigenvalue weighted by Crippen LogP contribution is 2.28. The van der Waals surface area contributed by atoms with Gasteiger partial charge in [0, 0.05) is 29.2 Å². The topological polar surface area (TPSA) is 91.1 Å². The second kappa shape index (κ2) is 6.28. The van der Waals surface area contributed by atoms with Gasteiger partial charge in [-0.3, -0.25) is 4.79 Å². The summed E-state index contributed by atoms with van der Waals surface area (Å²) < 4.78 is 0. The minimum atomic E-state index is -0.686. The first-order valence-corrected chi connectivity index (χ1v) is 7.29. The lowest BCUT2D eigenvalue weighted by Crippen LogP contribution is -2.39. The number of benzene rings is 1. The Kier molecular flexibility index (Phi) is 4.65. The third-order valence-electron chi connectivity index (χ3n) is 3.58. The van der Waals surface area contributed by atoms with Crippen LogP contribution in [0.3, 0.4) is 0 Å². The van der Waals surface area contributed by atoms with E-state index in [0.717, 1.165) is 17.4 Å². The van der Waals surface area contributed by atoms with Crippen molar-refractivity contribution in [2.24, 2.45) is 0 Å². The maximum absolute atomic E-state index is 11.4. The van der Waals surface area contributed by atoms with E-state index in [1.54, 1.807) is 18.2 Å². The molecule has 1 aromatic heterocycles. The molecule has 2 rings (SSSR count). The number of nitrogen functional groups attached to an aromatic ring is 1. The zero-order chi connectivity index (χ0) is 15.6. The van der Waals surface area contributed by atoms with Gasteiger partial charge in [0.05, 0.1) is 11.6 Å². The molecule has 0 aliphatic rings. The van der Waals surface area contributed by atoms with Gasteiger partial charge in [0.25, 0.3) is 0 Å². The van der Waals surface area contributed by atoms with E-state index in [-0.39, 0.29) is 17.6 Å². The number of hydrogen-bond acceptors (Lipinski definition) is 4. The Morgan fingerprint density at radius 2 is 2.05 bits per heavy atom. The molecule has 1 aromatic carbocycles. The van der Waals surface area contributed by atoms with Crippen LogP contribution in [0.2, 0.25) is 0 Å². The second-order valence-corrected chi connectivity index (χ2v) is 5.67. The molecule has 5 heteroatoms. The van der Waals surface area contributed by atoms with Crippen LogP contribution in [0.4, 0.5) is 5.69 Å². The Bertz CT molecular complexity index is 679. The number of hydrogen-bond donors (Lipinski definition) is 4. The van der Waals surface area contributed by atoms with Gasteiger partial charge in [0.2, 0.25) is 5.56 Å². The summed E-state index contributed by atoms with van der Waals surface area (Å²) in [6.07, 6.45) is 0.105. The first kappa shape index (κ1) is 15.5. The van der Waals surface area contributed by atoms with Crippen LogP contribution in [0, 0.1) is 0 Å². The number of H-pyrrole nitrogens is 1. The fourth-order valence-electron chi connectivity index (χ4n) is 2.64. The summed E-state index contributed by atoms with van der Waals surface area (Å²) in [4.78, 5) is 14.2. The molecule has 21 heavy (non-hydrogen) atoms. The monoisotopic (exact) mass is 289 g/mol. The Hall–Kier alpha value is -1.85. The van der Waals surface area contributed by atoms with Crippen molar-refractivity contribution in [2.75, 3.05) is 5.73 Å². The lowest BCUT2D eigenvalue weighted by atomic mass is 9.95. The van der Waals surface area contributed by atoms with Gasteiger partial charge in [-0.15, -0.1) is 0 Å². The van der Waals surface area contributed by atoms with E-state index in [2.05, 4.69) is 10.3 Å². The minimum Gasteiger partial charge on any atom is -0.399 e. The van der Waals surface area contributed by atoms with Gasteiger partial charge in [-0.05, 0) is 30.2 Å². The largest absolute Gasteiger partial charge is 0.399 e. The Balaban J connectivity index is 2.51. The van der Waals surface area contributed by atoms with Crippen molar-refractivity contribution in [3.63, 3.8) is 0 Å². The Morgan fingerprint density at radius 3 is 2.67 bits per heavy atom.